The number of aldehydes is 1. The minimum absolute atomic E-state index is 0.384. The molecular formula is C8H10N2O2. The summed E-state index contributed by atoms with van der Waals surface area (Å²) in [6, 6.07) is 3.39. The molecule has 0 aromatic carbocycles. The summed E-state index contributed by atoms with van der Waals surface area (Å²) in [7, 11) is 1.54. The topological polar surface area (TPSA) is 53.4 Å². The number of hydroxylamine groups is 2. The zero-order valence-electron chi connectivity index (χ0n) is 6.77. The second kappa shape index (κ2) is 3.94. The Bertz CT molecular complexity index is 274. The smallest absolute Gasteiger partial charge is 0.168 e. The molecule has 4 nitrogen and oxygen atoms in total. The predicted molar refractivity (Wildman–Crippen MR) is 42.9 cm³/mol. The number of aromatic nitrogens is 1. The Labute approximate surface area is 70.4 Å². The quantitative estimate of drug-likeness (QED) is 0.531. The zero-order valence-corrected chi connectivity index (χ0v) is 6.77. The first-order valence-electron chi connectivity index (χ1n) is 3.52. The van der Waals surface area contributed by atoms with Crippen LogP contribution in [-0.4, -0.2) is 28.6 Å². The van der Waals surface area contributed by atoms with Gasteiger partial charge in [0.1, 0.15) is 5.69 Å². The molecule has 1 aromatic rings. The third kappa shape index (κ3) is 2.41. The van der Waals surface area contributed by atoms with Crippen molar-refractivity contribution in [1.29, 1.82) is 0 Å². The molecule has 0 aliphatic heterocycles. The second-order valence-electron chi connectivity index (χ2n) is 2.52. The van der Waals surface area contributed by atoms with Crippen LogP contribution >= 0.6 is 0 Å². The van der Waals surface area contributed by atoms with Gasteiger partial charge >= 0.3 is 0 Å². The van der Waals surface area contributed by atoms with E-state index < -0.39 is 0 Å². The van der Waals surface area contributed by atoms with Crippen molar-refractivity contribution >= 4 is 6.29 Å². The lowest BCUT2D eigenvalue weighted by Crippen LogP contribution is -2.11. The minimum atomic E-state index is 0.384. The molecule has 12 heavy (non-hydrogen) atoms. The van der Waals surface area contributed by atoms with Gasteiger partial charge in [0.2, 0.25) is 0 Å². The van der Waals surface area contributed by atoms with Gasteiger partial charge in [-0.15, -0.1) is 0 Å². The van der Waals surface area contributed by atoms with Crippen molar-refractivity contribution < 1.29 is 10.0 Å². The van der Waals surface area contributed by atoms with Crippen LogP contribution < -0.4 is 0 Å². The van der Waals surface area contributed by atoms with Gasteiger partial charge in [-0.25, -0.2) is 0 Å². The molecule has 4 heteroatoms. The van der Waals surface area contributed by atoms with Gasteiger partial charge in [-0.1, -0.05) is 0 Å². The predicted octanol–water partition coefficient (Wildman–Crippen LogP) is 0.715. The largest absolute Gasteiger partial charge is 0.314 e. The maximum atomic E-state index is 10.3. The lowest BCUT2D eigenvalue weighted by atomic mass is 10.2. The van der Waals surface area contributed by atoms with Gasteiger partial charge in [0.15, 0.2) is 6.29 Å². The number of nitrogens with zero attached hydrogens (tertiary/aromatic N) is 2. The van der Waals surface area contributed by atoms with Crippen molar-refractivity contribution in [3.05, 3.63) is 29.6 Å². The van der Waals surface area contributed by atoms with E-state index in [9.17, 15) is 4.79 Å². The molecule has 0 aliphatic carbocycles. The van der Waals surface area contributed by atoms with Crippen LogP contribution in [0.3, 0.4) is 0 Å². The molecule has 1 rings (SSSR count). The van der Waals surface area contributed by atoms with Gasteiger partial charge < -0.3 is 5.21 Å². The number of hydrogen-bond acceptors (Lipinski definition) is 4. The van der Waals surface area contributed by atoms with Crippen LogP contribution in [0.2, 0.25) is 0 Å². The van der Waals surface area contributed by atoms with E-state index in [1.807, 2.05) is 0 Å². The van der Waals surface area contributed by atoms with E-state index in [0.29, 0.717) is 18.5 Å². The molecule has 1 heterocycles. The van der Waals surface area contributed by atoms with Gasteiger partial charge in [0.05, 0.1) is 0 Å². The first-order chi connectivity index (χ1) is 5.72. The van der Waals surface area contributed by atoms with Crippen LogP contribution in [0.1, 0.15) is 16.1 Å². The van der Waals surface area contributed by atoms with Crippen molar-refractivity contribution in [3.63, 3.8) is 0 Å². The summed E-state index contributed by atoms with van der Waals surface area (Å²) < 4.78 is 0. The monoisotopic (exact) mass is 166 g/mol. The average molecular weight is 166 g/mol. The van der Waals surface area contributed by atoms with Crippen LogP contribution in [-0.2, 0) is 6.54 Å². The molecule has 0 amide bonds. The third-order valence-corrected chi connectivity index (χ3v) is 1.38. The summed E-state index contributed by atoms with van der Waals surface area (Å²) in [5.41, 5.74) is 1.24. The van der Waals surface area contributed by atoms with E-state index in [2.05, 4.69) is 4.98 Å². The summed E-state index contributed by atoms with van der Waals surface area (Å²) >= 11 is 0. The molecule has 0 atom stereocenters. The Morgan fingerprint density at radius 1 is 1.75 bits per heavy atom. The highest BCUT2D eigenvalue weighted by Gasteiger charge is 1.97. The summed E-state index contributed by atoms with van der Waals surface area (Å²) in [6.45, 7) is 0.392. The lowest BCUT2D eigenvalue weighted by molar-refractivity contribution is -0.0731. The SMILES string of the molecule is CN(O)Cc1ccnc(C=O)c1. The molecule has 0 bridgehead atoms. The number of pyridine rings is 1. The van der Waals surface area contributed by atoms with Gasteiger partial charge in [-0.3, -0.25) is 9.78 Å². The standard InChI is InChI=1S/C8H10N2O2/c1-10(12)5-7-2-3-9-8(4-7)6-11/h2-4,6,12H,5H2,1H3. The highest BCUT2D eigenvalue weighted by atomic mass is 16.5. The summed E-state index contributed by atoms with van der Waals surface area (Å²) in [5, 5.41) is 9.94. The van der Waals surface area contributed by atoms with E-state index >= 15 is 0 Å². The Balaban J connectivity index is 2.79. The molecule has 1 aromatic heterocycles. The van der Waals surface area contributed by atoms with E-state index in [0.717, 1.165) is 10.6 Å². The maximum absolute atomic E-state index is 10.3. The van der Waals surface area contributed by atoms with E-state index in [1.54, 1.807) is 25.4 Å². The van der Waals surface area contributed by atoms with E-state index in [4.69, 9.17) is 5.21 Å². The molecule has 1 N–H and O–H groups in total. The molecule has 64 valence electrons. The first kappa shape index (κ1) is 8.83. The molecule has 0 fully saturated rings. The third-order valence-electron chi connectivity index (χ3n) is 1.38. The zero-order chi connectivity index (χ0) is 8.97. The minimum Gasteiger partial charge on any atom is -0.314 e. The molecular weight excluding hydrogens is 156 g/mol. The van der Waals surface area contributed by atoms with Gasteiger partial charge in [0, 0.05) is 19.8 Å². The summed E-state index contributed by atoms with van der Waals surface area (Å²) in [6.07, 6.45) is 2.23. The van der Waals surface area contributed by atoms with Crippen molar-refractivity contribution in [3.8, 4) is 0 Å². The maximum Gasteiger partial charge on any atom is 0.168 e. The highest BCUT2D eigenvalue weighted by molar-refractivity contribution is 5.71. The Morgan fingerprint density at radius 2 is 2.50 bits per heavy atom. The molecule has 0 spiro atoms. The fraction of sp³-hybridized carbons (Fsp3) is 0.250. The van der Waals surface area contributed by atoms with Crippen LogP contribution in [0.5, 0.6) is 0 Å². The van der Waals surface area contributed by atoms with Crippen molar-refractivity contribution in [2.75, 3.05) is 7.05 Å². The Hall–Kier alpha value is -1.26. The van der Waals surface area contributed by atoms with E-state index in [-0.39, 0.29) is 0 Å². The molecule has 0 saturated carbocycles. The van der Waals surface area contributed by atoms with Crippen molar-refractivity contribution in [1.82, 2.24) is 10.0 Å². The van der Waals surface area contributed by atoms with Crippen LogP contribution in [0.25, 0.3) is 0 Å². The van der Waals surface area contributed by atoms with Crippen molar-refractivity contribution in [2.24, 2.45) is 0 Å². The second-order valence-corrected chi connectivity index (χ2v) is 2.52. The molecule has 0 radical (unpaired) electrons. The average Bonchev–Trinajstić information content (AvgIpc) is 2.03. The normalized spacial score (nSPS) is 10.2. The van der Waals surface area contributed by atoms with Crippen LogP contribution in [0.4, 0.5) is 0 Å². The highest BCUT2D eigenvalue weighted by Crippen LogP contribution is 2.01. The Morgan fingerprint density at radius 3 is 3.08 bits per heavy atom. The number of carbonyl (C=O) groups is 1. The molecule has 0 saturated heterocycles. The Kier molecular flexibility index (Phi) is 2.90. The lowest BCUT2D eigenvalue weighted by Gasteiger charge is -2.07. The first-order valence-corrected chi connectivity index (χ1v) is 3.52. The molecule has 0 aliphatic rings. The summed E-state index contributed by atoms with van der Waals surface area (Å²) in [4.78, 5) is 14.1. The van der Waals surface area contributed by atoms with Gasteiger partial charge in [-0.05, 0) is 17.7 Å². The van der Waals surface area contributed by atoms with E-state index in [1.165, 1.54) is 0 Å². The number of rotatable bonds is 3. The van der Waals surface area contributed by atoms with Gasteiger partial charge in [-0.2, -0.15) is 5.06 Å². The van der Waals surface area contributed by atoms with Gasteiger partial charge in [0.25, 0.3) is 0 Å². The fourth-order valence-electron chi connectivity index (χ4n) is 0.921. The number of carbonyl (C=O) groups excluding carboxylic acids is 1. The molecule has 0 unspecified atom stereocenters. The van der Waals surface area contributed by atoms with Crippen LogP contribution in [0, 0.1) is 0 Å². The fourth-order valence-corrected chi connectivity index (χ4v) is 0.921. The number of hydrogen-bond donors (Lipinski definition) is 1. The summed E-state index contributed by atoms with van der Waals surface area (Å²) in [5.74, 6) is 0. The van der Waals surface area contributed by atoms with Crippen LogP contribution in [0.15, 0.2) is 18.3 Å². The van der Waals surface area contributed by atoms with Crippen molar-refractivity contribution in [2.45, 2.75) is 6.54 Å².